The van der Waals surface area contributed by atoms with Gasteiger partial charge in [0.05, 0.1) is 37.6 Å². The van der Waals surface area contributed by atoms with Crippen LogP contribution >= 0.6 is 11.3 Å². The predicted molar refractivity (Wildman–Crippen MR) is 126 cm³/mol. The third-order valence-electron chi connectivity index (χ3n) is 5.50. The highest BCUT2D eigenvalue weighted by Gasteiger charge is 2.34. The van der Waals surface area contributed by atoms with Crippen molar-refractivity contribution in [3.8, 4) is 0 Å². The molecule has 38 heavy (non-hydrogen) atoms. The number of benzene rings is 1. The fourth-order valence-corrected chi connectivity index (χ4v) is 4.36. The summed E-state index contributed by atoms with van der Waals surface area (Å²) in [6, 6.07) is 3.39. The van der Waals surface area contributed by atoms with Gasteiger partial charge in [-0.25, -0.2) is 28.8 Å². The molecule has 204 valence electrons. The van der Waals surface area contributed by atoms with Gasteiger partial charge in [0.2, 0.25) is 0 Å². The average molecular weight is 558 g/mol. The van der Waals surface area contributed by atoms with Crippen LogP contribution in [0, 0.1) is 5.82 Å². The van der Waals surface area contributed by atoms with Crippen LogP contribution in [0.5, 0.6) is 0 Å². The zero-order valence-electron chi connectivity index (χ0n) is 19.4. The Morgan fingerprint density at radius 1 is 1.24 bits per heavy atom. The second-order valence-corrected chi connectivity index (χ2v) is 8.85. The summed E-state index contributed by atoms with van der Waals surface area (Å²) in [7, 11) is 0. The van der Waals surface area contributed by atoms with Crippen LogP contribution in [0.1, 0.15) is 10.5 Å². The van der Waals surface area contributed by atoms with Crippen molar-refractivity contribution < 1.29 is 47.0 Å². The summed E-state index contributed by atoms with van der Waals surface area (Å²) >= 11 is 0.940. The van der Waals surface area contributed by atoms with Crippen LogP contribution in [0.25, 0.3) is 0 Å². The number of carboxylic acids is 1. The van der Waals surface area contributed by atoms with Gasteiger partial charge in [-0.2, -0.15) is 8.78 Å². The highest BCUT2D eigenvalue weighted by Crippen LogP contribution is 2.28. The summed E-state index contributed by atoms with van der Waals surface area (Å²) in [5.74, 6) is -3.37. The smallest absolute Gasteiger partial charge is 0.414 e. The number of alkyl halides is 2. The molecule has 2 aromatic rings. The summed E-state index contributed by atoms with van der Waals surface area (Å²) in [6.07, 6.45) is -4.89. The molecule has 2 fully saturated rings. The Kier molecular flexibility index (Phi) is 8.16. The van der Waals surface area contributed by atoms with Crippen LogP contribution in [0.15, 0.2) is 23.6 Å². The molecular weight excluding hydrogens is 537 g/mol. The minimum absolute atomic E-state index is 0.0390. The number of thiazole rings is 1. The minimum atomic E-state index is -3.19. The molecule has 0 spiro atoms. The molecule has 13 nitrogen and oxygen atoms in total. The molecule has 3 heterocycles. The molecule has 1 unspecified atom stereocenters. The number of amides is 4. The molecule has 2 aliphatic rings. The van der Waals surface area contributed by atoms with Gasteiger partial charge in [0, 0.05) is 18.5 Å². The number of carbonyl (C=O) groups excluding carboxylic acids is 3. The normalized spacial score (nSPS) is 17.8. The van der Waals surface area contributed by atoms with Crippen LogP contribution < -0.4 is 20.4 Å². The maximum absolute atomic E-state index is 15.0. The van der Waals surface area contributed by atoms with Crippen LogP contribution in [0.2, 0.25) is 0 Å². The van der Waals surface area contributed by atoms with E-state index >= 15 is 4.39 Å². The number of nitrogens with zero attached hydrogens (tertiary/aromatic N) is 4. The Hall–Kier alpha value is -4.12. The van der Waals surface area contributed by atoms with E-state index in [2.05, 4.69) is 10.3 Å². The summed E-state index contributed by atoms with van der Waals surface area (Å²) < 4.78 is 44.8. The van der Waals surface area contributed by atoms with E-state index in [9.17, 15) is 28.0 Å². The van der Waals surface area contributed by atoms with Crippen molar-refractivity contribution >= 4 is 51.8 Å². The van der Waals surface area contributed by atoms with E-state index in [0.29, 0.717) is 0 Å². The van der Waals surface area contributed by atoms with E-state index in [4.69, 9.17) is 14.7 Å². The molecular formula is C21H21F3N6O7S. The Labute approximate surface area is 216 Å². The monoisotopic (exact) mass is 558 g/mol. The van der Waals surface area contributed by atoms with Gasteiger partial charge in [0.25, 0.3) is 5.91 Å². The number of cyclic esters (lactones) is 1. The molecule has 4 amide bonds. The second kappa shape index (κ2) is 11.5. The molecule has 2 aliphatic heterocycles. The highest BCUT2D eigenvalue weighted by atomic mass is 32.1. The molecule has 0 radical (unpaired) electrons. The fourth-order valence-electron chi connectivity index (χ4n) is 3.68. The highest BCUT2D eigenvalue weighted by molar-refractivity contribution is 7.14. The molecule has 17 heteroatoms. The van der Waals surface area contributed by atoms with Crippen molar-refractivity contribution in [1.82, 2.24) is 15.4 Å². The summed E-state index contributed by atoms with van der Waals surface area (Å²) in [6.45, 7) is 0.132. The first-order chi connectivity index (χ1) is 18.1. The lowest BCUT2D eigenvalue weighted by Crippen LogP contribution is -2.37. The van der Waals surface area contributed by atoms with Gasteiger partial charge in [-0.1, -0.05) is 0 Å². The number of halogens is 3. The minimum Gasteiger partial charge on any atom is -0.476 e. The van der Waals surface area contributed by atoms with Crippen LogP contribution in [-0.4, -0.2) is 91.0 Å². The lowest BCUT2D eigenvalue weighted by atomic mass is 10.2. The summed E-state index contributed by atoms with van der Waals surface area (Å²) in [5, 5.41) is 15.8. The van der Waals surface area contributed by atoms with Crippen LogP contribution in [0.4, 0.5) is 39.3 Å². The SMILES string of the molecule is O=C(O)c1csc(NC(=O)N2CCN(c3ccc(N4CC(CNC(=O)C(F)F)OC4=O)cc3F)CCO2)n1. The van der Waals surface area contributed by atoms with E-state index in [1.165, 1.54) is 17.5 Å². The van der Waals surface area contributed by atoms with E-state index in [1.807, 2.05) is 5.32 Å². The van der Waals surface area contributed by atoms with Crippen LogP contribution in [-0.2, 0) is 14.4 Å². The number of anilines is 3. The number of urea groups is 1. The summed E-state index contributed by atoms with van der Waals surface area (Å²) in [4.78, 5) is 58.6. The van der Waals surface area contributed by atoms with Crippen molar-refractivity contribution in [2.24, 2.45) is 0 Å². The predicted octanol–water partition coefficient (Wildman–Crippen LogP) is 1.97. The van der Waals surface area contributed by atoms with E-state index in [0.717, 1.165) is 27.4 Å². The molecule has 1 aromatic heterocycles. The number of aromatic nitrogens is 1. The molecule has 1 aromatic carbocycles. The number of rotatable bonds is 7. The van der Waals surface area contributed by atoms with E-state index in [1.54, 1.807) is 4.90 Å². The van der Waals surface area contributed by atoms with Gasteiger partial charge in [0.1, 0.15) is 11.9 Å². The number of ether oxygens (including phenoxy) is 1. The molecule has 0 bridgehead atoms. The molecule has 2 saturated heterocycles. The number of aromatic carboxylic acids is 1. The first-order valence-corrected chi connectivity index (χ1v) is 12.0. The zero-order chi connectivity index (χ0) is 27.4. The lowest BCUT2D eigenvalue weighted by molar-refractivity contribution is -0.132. The van der Waals surface area contributed by atoms with Crippen molar-refractivity contribution in [3.05, 3.63) is 35.1 Å². The van der Waals surface area contributed by atoms with E-state index < -0.39 is 42.3 Å². The zero-order valence-corrected chi connectivity index (χ0v) is 20.3. The van der Waals surface area contributed by atoms with Gasteiger partial charge in [-0.15, -0.1) is 11.3 Å². The average Bonchev–Trinajstić information content (AvgIpc) is 3.41. The molecule has 0 saturated carbocycles. The van der Waals surface area contributed by atoms with Crippen molar-refractivity contribution in [2.45, 2.75) is 12.5 Å². The Balaban J connectivity index is 1.34. The first-order valence-electron chi connectivity index (χ1n) is 11.1. The quantitative estimate of drug-likeness (QED) is 0.463. The third kappa shape index (κ3) is 6.23. The molecule has 4 rings (SSSR count). The summed E-state index contributed by atoms with van der Waals surface area (Å²) in [5.41, 5.74) is 0.164. The van der Waals surface area contributed by atoms with E-state index in [-0.39, 0.29) is 61.5 Å². The van der Waals surface area contributed by atoms with Gasteiger partial charge in [0.15, 0.2) is 10.8 Å². The molecule has 0 aliphatic carbocycles. The van der Waals surface area contributed by atoms with Gasteiger partial charge < -0.3 is 20.1 Å². The maximum Gasteiger partial charge on any atom is 0.414 e. The van der Waals surface area contributed by atoms with Gasteiger partial charge >= 0.3 is 24.5 Å². The van der Waals surface area contributed by atoms with Gasteiger partial charge in [-0.05, 0) is 18.2 Å². The number of nitrogens with one attached hydrogen (secondary N) is 2. The number of hydroxylamine groups is 2. The number of carbonyl (C=O) groups is 4. The van der Waals surface area contributed by atoms with Crippen molar-refractivity contribution in [1.29, 1.82) is 0 Å². The second-order valence-electron chi connectivity index (χ2n) is 7.99. The topological polar surface area (TPSA) is 154 Å². The molecule has 1 atom stereocenters. The largest absolute Gasteiger partial charge is 0.476 e. The van der Waals surface area contributed by atoms with Gasteiger partial charge in [-0.3, -0.25) is 19.8 Å². The Bertz CT molecular complexity index is 1230. The van der Waals surface area contributed by atoms with Crippen molar-refractivity contribution in [3.63, 3.8) is 0 Å². The first kappa shape index (κ1) is 26.9. The third-order valence-corrected chi connectivity index (χ3v) is 6.26. The Morgan fingerprint density at radius 2 is 2.03 bits per heavy atom. The number of hydrogen-bond donors (Lipinski definition) is 3. The van der Waals surface area contributed by atoms with Crippen LogP contribution in [0.3, 0.4) is 0 Å². The number of hydrogen-bond acceptors (Lipinski definition) is 9. The standard InChI is InChI=1S/C21H21F3N6O7S/c22-13-7-11(29-9-12(37-21(29)35)8-25-17(31)16(23)24)1-2-15(13)28-3-4-30(36-6-5-28)20(34)27-19-26-14(10-38-19)18(32)33/h1-2,7,10,12,16H,3-6,8-9H2,(H,25,31)(H,32,33)(H,26,27,34). The Morgan fingerprint density at radius 3 is 2.71 bits per heavy atom. The number of carboxylic acid groups (broad SMARTS) is 1. The maximum atomic E-state index is 15.0. The van der Waals surface area contributed by atoms with Crippen molar-refractivity contribution in [2.75, 3.05) is 54.4 Å². The molecule has 3 N–H and O–H groups in total. The lowest BCUT2D eigenvalue weighted by Gasteiger charge is -2.23. The fraction of sp³-hybridized carbons (Fsp3) is 0.381.